The first-order chi connectivity index (χ1) is 17.3. The molecule has 206 valence electrons. The molecule has 0 aliphatic rings. The summed E-state index contributed by atoms with van der Waals surface area (Å²) < 4.78 is 0. The van der Waals surface area contributed by atoms with E-state index in [-0.39, 0.29) is 24.5 Å². The van der Waals surface area contributed by atoms with Crippen molar-refractivity contribution in [2.75, 3.05) is 6.54 Å². The maximum Gasteiger partial charge on any atom is 0.326 e. The monoisotopic (exact) mass is 522 g/mol. The predicted molar refractivity (Wildman–Crippen MR) is 135 cm³/mol. The van der Waals surface area contributed by atoms with E-state index in [4.69, 9.17) is 17.2 Å². The van der Waals surface area contributed by atoms with Gasteiger partial charge in [-0.2, -0.15) is 0 Å². The van der Waals surface area contributed by atoms with Crippen molar-refractivity contribution in [2.45, 2.75) is 70.1 Å². The number of phenols is 1. The molecule has 0 fully saturated rings. The number of primary amides is 1. The number of carbonyl (C=O) groups is 5. The molecule has 0 aromatic heterocycles. The van der Waals surface area contributed by atoms with Crippen LogP contribution in [0.3, 0.4) is 0 Å². The smallest absolute Gasteiger partial charge is 0.326 e. The minimum Gasteiger partial charge on any atom is -0.508 e. The second kappa shape index (κ2) is 15.4. The van der Waals surface area contributed by atoms with E-state index in [9.17, 15) is 34.2 Å². The van der Waals surface area contributed by atoms with Gasteiger partial charge in [0.15, 0.2) is 0 Å². The summed E-state index contributed by atoms with van der Waals surface area (Å²) in [6.07, 6.45) is 0.711. The first kappa shape index (κ1) is 31.3. The summed E-state index contributed by atoms with van der Waals surface area (Å²) in [5, 5.41) is 26.1. The normalized spacial score (nSPS) is 14.2. The predicted octanol–water partition coefficient (Wildman–Crippen LogP) is -1.54. The highest BCUT2D eigenvalue weighted by atomic mass is 16.4. The Morgan fingerprint density at radius 3 is 2.00 bits per heavy atom. The molecular formula is C24H38N6O7. The van der Waals surface area contributed by atoms with Crippen molar-refractivity contribution in [3.63, 3.8) is 0 Å². The van der Waals surface area contributed by atoms with Crippen LogP contribution in [0.1, 0.15) is 45.1 Å². The van der Waals surface area contributed by atoms with Crippen molar-refractivity contribution in [1.82, 2.24) is 16.0 Å². The van der Waals surface area contributed by atoms with Gasteiger partial charge in [0.1, 0.15) is 23.9 Å². The molecule has 0 aliphatic heterocycles. The second-order valence-electron chi connectivity index (χ2n) is 9.12. The Kier molecular flexibility index (Phi) is 13.0. The van der Waals surface area contributed by atoms with Gasteiger partial charge in [-0.3, -0.25) is 19.2 Å². The lowest BCUT2D eigenvalue weighted by Gasteiger charge is -2.27. The fourth-order valence-electron chi connectivity index (χ4n) is 3.47. The molecule has 0 spiro atoms. The molecule has 1 rings (SSSR count). The lowest BCUT2D eigenvalue weighted by Crippen LogP contribution is -2.58. The zero-order chi connectivity index (χ0) is 28.1. The molecule has 13 heteroatoms. The minimum atomic E-state index is -1.56. The zero-order valence-corrected chi connectivity index (χ0v) is 21.1. The number of nitrogens with two attached hydrogens (primary N) is 3. The van der Waals surface area contributed by atoms with Crippen molar-refractivity contribution < 1.29 is 34.2 Å². The van der Waals surface area contributed by atoms with Crippen molar-refractivity contribution >= 4 is 29.6 Å². The fourth-order valence-corrected chi connectivity index (χ4v) is 3.47. The molecule has 0 saturated carbocycles. The van der Waals surface area contributed by atoms with Crippen molar-refractivity contribution in [3.8, 4) is 5.75 Å². The van der Waals surface area contributed by atoms with Gasteiger partial charge in [0.2, 0.25) is 23.6 Å². The van der Waals surface area contributed by atoms with Crippen LogP contribution in [0, 0.1) is 5.92 Å². The zero-order valence-electron chi connectivity index (χ0n) is 21.1. The average Bonchev–Trinajstić information content (AvgIpc) is 2.81. The Labute approximate surface area is 215 Å². The van der Waals surface area contributed by atoms with Gasteiger partial charge in [0, 0.05) is 0 Å². The Morgan fingerprint density at radius 1 is 0.892 bits per heavy atom. The number of amides is 4. The van der Waals surface area contributed by atoms with Gasteiger partial charge in [0.05, 0.1) is 12.5 Å². The van der Waals surface area contributed by atoms with Crippen LogP contribution in [0.5, 0.6) is 5.75 Å². The van der Waals surface area contributed by atoms with E-state index in [2.05, 4.69) is 16.0 Å². The topological polar surface area (TPSA) is 240 Å². The average molecular weight is 523 g/mol. The largest absolute Gasteiger partial charge is 0.508 e. The Balaban J connectivity index is 2.93. The van der Waals surface area contributed by atoms with Crippen molar-refractivity contribution in [1.29, 1.82) is 0 Å². The van der Waals surface area contributed by atoms with Gasteiger partial charge >= 0.3 is 5.97 Å². The minimum absolute atomic E-state index is 0.0765. The highest BCUT2D eigenvalue weighted by Crippen LogP contribution is 2.12. The summed E-state index contributed by atoms with van der Waals surface area (Å²) in [5.74, 6) is -4.71. The van der Waals surface area contributed by atoms with Crippen LogP contribution < -0.4 is 33.2 Å². The van der Waals surface area contributed by atoms with E-state index in [1.54, 1.807) is 26.0 Å². The number of phenolic OH excluding ortho intramolecular Hbond substituents is 1. The number of carboxylic acid groups (broad SMARTS) is 1. The molecule has 0 heterocycles. The van der Waals surface area contributed by atoms with Gasteiger partial charge in [0.25, 0.3) is 0 Å². The third-order valence-electron chi connectivity index (χ3n) is 5.58. The summed E-state index contributed by atoms with van der Waals surface area (Å²) in [6.45, 7) is 3.75. The number of aromatic hydroxyl groups is 1. The number of rotatable bonds is 16. The summed E-state index contributed by atoms with van der Waals surface area (Å²) in [6, 6.07) is 1.48. The van der Waals surface area contributed by atoms with Crippen molar-refractivity contribution in [2.24, 2.45) is 23.1 Å². The van der Waals surface area contributed by atoms with E-state index >= 15 is 0 Å². The Bertz CT molecular complexity index is 938. The van der Waals surface area contributed by atoms with E-state index < -0.39 is 60.2 Å². The molecule has 0 saturated heterocycles. The fraction of sp³-hybridized carbons (Fsp3) is 0.542. The lowest BCUT2D eigenvalue weighted by molar-refractivity contribution is -0.143. The maximum absolute atomic E-state index is 13.1. The molecule has 1 aromatic carbocycles. The summed E-state index contributed by atoms with van der Waals surface area (Å²) in [5.41, 5.74) is 17.3. The molecule has 13 nitrogen and oxygen atoms in total. The SMILES string of the molecule is CC(C)C(NC(=O)C(N)Cc1ccc(O)cc1)C(=O)NC(CCCCN)C(=O)NC(CC(N)=O)C(=O)O. The quantitative estimate of drug-likeness (QED) is 0.117. The van der Waals surface area contributed by atoms with Gasteiger partial charge in [-0.05, 0) is 55.8 Å². The van der Waals surface area contributed by atoms with Crippen LogP contribution in [-0.2, 0) is 30.4 Å². The van der Waals surface area contributed by atoms with E-state index in [1.165, 1.54) is 12.1 Å². The molecule has 0 radical (unpaired) electrons. The summed E-state index contributed by atoms with van der Waals surface area (Å²) in [4.78, 5) is 61.2. The summed E-state index contributed by atoms with van der Waals surface area (Å²) in [7, 11) is 0. The van der Waals surface area contributed by atoms with Crippen molar-refractivity contribution in [3.05, 3.63) is 29.8 Å². The number of benzene rings is 1. The Hall–Kier alpha value is -3.71. The molecule has 0 aliphatic carbocycles. The highest BCUT2D eigenvalue weighted by molar-refractivity contribution is 5.95. The number of hydrogen-bond donors (Lipinski definition) is 8. The third-order valence-corrected chi connectivity index (χ3v) is 5.58. The van der Waals surface area contributed by atoms with Crippen LogP contribution >= 0.6 is 0 Å². The molecule has 4 atom stereocenters. The number of nitrogens with one attached hydrogen (secondary N) is 3. The third kappa shape index (κ3) is 11.3. The molecule has 11 N–H and O–H groups in total. The van der Waals surface area contributed by atoms with E-state index in [0.29, 0.717) is 24.9 Å². The lowest BCUT2D eigenvalue weighted by atomic mass is 10.00. The number of carboxylic acids is 1. The molecule has 4 amide bonds. The number of carbonyl (C=O) groups excluding carboxylic acids is 4. The first-order valence-electron chi connectivity index (χ1n) is 12.0. The summed E-state index contributed by atoms with van der Waals surface area (Å²) >= 11 is 0. The van der Waals surface area contributed by atoms with Crippen LogP contribution in [0.25, 0.3) is 0 Å². The standard InChI is InChI=1S/C24H38N6O7/c1-13(2)20(30-21(33)16(26)11-14-6-8-15(31)9-7-14)23(35)28-17(5-3-4-10-25)22(34)29-18(24(36)37)12-19(27)32/h6-9,13,16-18,20,31H,3-5,10-12,25-26H2,1-2H3,(H2,27,32)(H,28,35)(H,29,34)(H,30,33)(H,36,37). The van der Waals surface area contributed by atoms with Crippen LogP contribution in [-0.4, -0.2) is 70.5 Å². The van der Waals surface area contributed by atoms with Crippen LogP contribution in [0.2, 0.25) is 0 Å². The maximum atomic E-state index is 13.1. The van der Waals surface area contributed by atoms with Gasteiger partial charge in [-0.15, -0.1) is 0 Å². The van der Waals surface area contributed by atoms with Crippen LogP contribution in [0.15, 0.2) is 24.3 Å². The van der Waals surface area contributed by atoms with E-state index in [0.717, 1.165) is 0 Å². The number of hydrogen-bond acceptors (Lipinski definition) is 8. The molecule has 0 bridgehead atoms. The molecular weight excluding hydrogens is 484 g/mol. The second-order valence-corrected chi connectivity index (χ2v) is 9.12. The molecule has 4 unspecified atom stereocenters. The van der Waals surface area contributed by atoms with Crippen LogP contribution in [0.4, 0.5) is 0 Å². The molecule has 1 aromatic rings. The first-order valence-corrected chi connectivity index (χ1v) is 12.0. The van der Waals surface area contributed by atoms with Gasteiger partial charge in [-0.1, -0.05) is 26.0 Å². The van der Waals surface area contributed by atoms with E-state index in [1.807, 2.05) is 0 Å². The molecule has 37 heavy (non-hydrogen) atoms. The van der Waals surface area contributed by atoms with Gasteiger partial charge < -0.3 is 43.4 Å². The highest BCUT2D eigenvalue weighted by Gasteiger charge is 2.32. The Morgan fingerprint density at radius 2 is 1.49 bits per heavy atom. The number of unbranched alkanes of at least 4 members (excludes halogenated alkanes) is 1. The number of aliphatic carboxylic acids is 1. The van der Waals surface area contributed by atoms with Gasteiger partial charge in [-0.25, -0.2) is 4.79 Å².